The zero-order valence-electron chi connectivity index (χ0n) is 10.9. The van der Waals surface area contributed by atoms with Crippen molar-refractivity contribution < 1.29 is 0 Å². The Labute approximate surface area is 108 Å². The van der Waals surface area contributed by atoms with E-state index < -0.39 is 0 Å². The van der Waals surface area contributed by atoms with Crippen molar-refractivity contribution in [3.63, 3.8) is 0 Å². The highest BCUT2D eigenvalue weighted by Crippen LogP contribution is 2.30. The van der Waals surface area contributed by atoms with Crippen LogP contribution in [0.2, 0.25) is 0 Å². The minimum absolute atomic E-state index is 0.368. The van der Waals surface area contributed by atoms with Gasteiger partial charge in [0.25, 0.3) is 0 Å². The molecule has 0 fully saturated rings. The molecule has 0 bridgehead atoms. The van der Waals surface area contributed by atoms with E-state index in [1.165, 1.54) is 17.0 Å². The Morgan fingerprint density at radius 2 is 2.17 bits per heavy atom. The largest absolute Gasteiger partial charge is 0.332 e. The number of hydrogen-bond acceptors (Lipinski definition) is 2. The van der Waals surface area contributed by atoms with Gasteiger partial charge in [0.05, 0.1) is 5.92 Å². The lowest BCUT2D eigenvalue weighted by atomic mass is 9.90. The molecule has 94 valence electrons. The summed E-state index contributed by atoms with van der Waals surface area (Å²) in [4.78, 5) is 4.58. The summed E-state index contributed by atoms with van der Waals surface area (Å²) in [6, 6.07) is 9.13. The van der Waals surface area contributed by atoms with Crippen molar-refractivity contribution in [3.8, 4) is 0 Å². The van der Waals surface area contributed by atoms with E-state index in [1.54, 1.807) is 0 Å². The first-order chi connectivity index (χ1) is 8.77. The van der Waals surface area contributed by atoms with Crippen LogP contribution in [0.5, 0.6) is 0 Å². The Morgan fingerprint density at radius 3 is 3.00 bits per heavy atom. The minimum atomic E-state index is 0.368. The van der Waals surface area contributed by atoms with Crippen molar-refractivity contribution in [3.05, 3.63) is 53.6 Å². The number of fused-ring (bicyclic) bond motifs is 1. The first kappa shape index (κ1) is 11.5. The molecule has 0 amide bonds. The smallest absolute Gasteiger partial charge is 0.117 e. The Bertz CT molecular complexity index is 542. The molecule has 1 aliphatic heterocycles. The van der Waals surface area contributed by atoms with Crippen LogP contribution < -0.4 is 5.32 Å². The van der Waals surface area contributed by atoms with Crippen LogP contribution in [0, 0.1) is 0 Å². The maximum Gasteiger partial charge on any atom is 0.117 e. The van der Waals surface area contributed by atoms with Gasteiger partial charge in [-0.15, -0.1) is 0 Å². The second kappa shape index (κ2) is 4.58. The van der Waals surface area contributed by atoms with Gasteiger partial charge in [-0.25, -0.2) is 4.98 Å². The minimum Gasteiger partial charge on any atom is -0.332 e. The number of nitrogens with zero attached hydrogens (tertiary/aromatic N) is 2. The molecule has 2 aromatic rings. The second-order valence-corrected chi connectivity index (χ2v) is 5.17. The molecule has 1 unspecified atom stereocenters. The van der Waals surface area contributed by atoms with Crippen molar-refractivity contribution in [2.75, 3.05) is 6.54 Å². The molecule has 3 rings (SSSR count). The van der Waals surface area contributed by atoms with Crippen molar-refractivity contribution in [1.82, 2.24) is 14.9 Å². The SMILES string of the molecule is CC(C)n1ccnc1C1CNCc2ccccc21. The Balaban J connectivity index is 2.06. The topological polar surface area (TPSA) is 29.9 Å². The van der Waals surface area contributed by atoms with Gasteiger partial charge in [-0.3, -0.25) is 0 Å². The molecule has 1 aliphatic rings. The third kappa shape index (κ3) is 1.85. The fourth-order valence-electron chi connectivity index (χ4n) is 2.76. The lowest BCUT2D eigenvalue weighted by Crippen LogP contribution is -2.30. The van der Waals surface area contributed by atoms with Gasteiger partial charge in [-0.1, -0.05) is 24.3 Å². The molecule has 3 nitrogen and oxygen atoms in total. The predicted molar refractivity (Wildman–Crippen MR) is 72.6 cm³/mol. The van der Waals surface area contributed by atoms with Gasteiger partial charge in [-0.05, 0) is 25.0 Å². The number of nitrogens with one attached hydrogen (secondary N) is 1. The highest BCUT2D eigenvalue weighted by molar-refractivity contribution is 5.36. The van der Waals surface area contributed by atoms with Gasteiger partial charge in [0, 0.05) is 31.5 Å². The molecular weight excluding hydrogens is 222 g/mol. The van der Waals surface area contributed by atoms with Crippen LogP contribution in [0.15, 0.2) is 36.7 Å². The molecule has 1 N–H and O–H groups in total. The van der Waals surface area contributed by atoms with E-state index in [0.29, 0.717) is 12.0 Å². The summed E-state index contributed by atoms with van der Waals surface area (Å²) in [6.45, 7) is 6.34. The summed E-state index contributed by atoms with van der Waals surface area (Å²) >= 11 is 0. The fraction of sp³-hybridized carbons (Fsp3) is 0.400. The lowest BCUT2D eigenvalue weighted by Gasteiger charge is -2.27. The average Bonchev–Trinajstić information content (AvgIpc) is 2.87. The molecular formula is C15H19N3. The van der Waals surface area contributed by atoms with Crippen molar-refractivity contribution in [2.24, 2.45) is 0 Å². The maximum absolute atomic E-state index is 4.58. The molecule has 0 radical (unpaired) electrons. The van der Waals surface area contributed by atoms with E-state index in [4.69, 9.17) is 0 Å². The molecule has 1 atom stereocenters. The normalized spacial score (nSPS) is 18.9. The van der Waals surface area contributed by atoms with E-state index in [0.717, 1.165) is 13.1 Å². The molecule has 0 aliphatic carbocycles. The Hall–Kier alpha value is -1.61. The average molecular weight is 241 g/mol. The summed E-state index contributed by atoms with van der Waals surface area (Å²) in [7, 11) is 0. The van der Waals surface area contributed by atoms with E-state index in [2.05, 4.69) is 59.2 Å². The highest BCUT2D eigenvalue weighted by Gasteiger charge is 2.25. The van der Waals surface area contributed by atoms with Crippen LogP contribution in [0.25, 0.3) is 0 Å². The van der Waals surface area contributed by atoms with Crippen LogP contribution in [-0.2, 0) is 6.54 Å². The van der Waals surface area contributed by atoms with E-state index >= 15 is 0 Å². The summed E-state index contributed by atoms with van der Waals surface area (Å²) in [5, 5.41) is 3.49. The summed E-state index contributed by atoms with van der Waals surface area (Å²) < 4.78 is 2.27. The van der Waals surface area contributed by atoms with Crippen LogP contribution >= 0.6 is 0 Å². The number of benzene rings is 1. The Kier molecular flexibility index (Phi) is 2.92. The monoisotopic (exact) mass is 241 g/mol. The highest BCUT2D eigenvalue weighted by atomic mass is 15.1. The number of rotatable bonds is 2. The zero-order chi connectivity index (χ0) is 12.5. The maximum atomic E-state index is 4.58. The molecule has 1 aromatic heterocycles. The molecule has 0 spiro atoms. The number of imidazole rings is 1. The van der Waals surface area contributed by atoms with E-state index in [1.807, 2.05) is 6.20 Å². The van der Waals surface area contributed by atoms with Crippen LogP contribution in [0.1, 0.15) is 42.8 Å². The van der Waals surface area contributed by atoms with Crippen LogP contribution in [0.4, 0.5) is 0 Å². The predicted octanol–water partition coefficient (Wildman–Crippen LogP) is 2.70. The molecule has 18 heavy (non-hydrogen) atoms. The molecule has 3 heteroatoms. The lowest BCUT2D eigenvalue weighted by molar-refractivity contribution is 0.510. The van der Waals surface area contributed by atoms with Gasteiger partial charge in [-0.2, -0.15) is 0 Å². The third-order valence-corrected chi connectivity index (χ3v) is 3.66. The molecule has 0 saturated carbocycles. The fourth-order valence-corrected chi connectivity index (χ4v) is 2.76. The van der Waals surface area contributed by atoms with Gasteiger partial charge in [0.15, 0.2) is 0 Å². The zero-order valence-corrected chi connectivity index (χ0v) is 10.9. The van der Waals surface area contributed by atoms with Gasteiger partial charge < -0.3 is 9.88 Å². The van der Waals surface area contributed by atoms with Crippen molar-refractivity contribution >= 4 is 0 Å². The summed E-state index contributed by atoms with van der Waals surface area (Å²) in [6.07, 6.45) is 3.99. The third-order valence-electron chi connectivity index (χ3n) is 3.66. The van der Waals surface area contributed by atoms with Crippen molar-refractivity contribution in [1.29, 1.82) is 0 Å². The first-order valence-electron chi connectivity index (χ1n) is 6.58. The molecule has 1 aromatic carbocycles. The number of hydrogen-bond donors (Lipinski definition) is 1. The summed E-state index contributed by atoms with van der Waals surface area (Å²) in [5.41, 5.74) is 2.82. The van der Waals surface area contributed by atoms with Gasteiger partial charge in [0.1, 0.15) is 5.82 Å². The van der Waals surface area contributed by atoms with Crippen LogP contribution in [0.3, 0.4) is 0 Å². The van der Waals surface area contributed by atoms with Crippen LogP contribution in [-0.4, -0.2) is 16.1 Å². The Morgan fingerprint density at radius 1 is 1.33 bits per heavy atom. The van der Waals surface area contributed by atoms with Gasteiger partial charge >= 0.3 is 0 Å². The van der Waals surface area contributed by atoms with E-state index in [-0.39, 0.29) is 0 Å². The molecule has 2 heterocycles. The molecule has 0 saturated heterocycles. The van der Waals surface area contributed by atoms with E-state index in [9.17, 15) is 0 Å². The number of aromatic nitrogens is 2. The standard InChI is InChI=1S/C15H19N3/c1-11(2)18-8-7-17-15(18)14-10-16-9-12-5-3-4-6-13(12)14/h3-8,11,14,16H,9-10H2,1-2H3. The second-order valence-electron chi connectivity index (χ2n) is 5.17. The summed E-state index contributed by atoms with van der Waals surface area (Å²) in [5.74, 6) is 1.54. The van der Waals surface area contributed by atoms with Gasteiger partial charge in [0.2, 0.25) is 0 Å². The van der Waals surface area contributed by atoms with Crippen molar-refractivity contribution in [2.45, 2.75) is 32.4 Å². The first-order valence-corrected chi connectivity index (χ1v) is 6.58. The quantitative estimate of drug-likeness (QED) is 0.876.